The Morgan fingerprint density at radius 3 is 2.71 bits per heavy atom. The third-order valence-electron chi connectivity index (χ3n) is 2.74. The van der Waals surface area contributed by atoms with E-state index in [0.717, 1.165) is 5.56 Å². The second-order valence-electron chi connectivity index (χ2n) is 4.41. The number of aliphatic hydroxyl groups is 1. The van der Waals surface area contributed by atoms with Crippen molar-refractivity contribution in [3.8, 4) is 0 Å². The van der Waals surface area contributed by atoms with Crippen LogP contribution in [-0.2, 0) is 6.54 Å². The summed E-state index contributed by atoms with van der Waals surface area (Å²) in [4.78, 5) is 11.9. The van der Waals surface area contributed by atoms with Crippen molar-refractivity contribution in [2.45, 2.75) is 26.4 Å². The van der Waals surface area contributed by atoms with Crippen LogP contribution >= 0.6 is 0 Å². The van der Waals surface area contributed by atoms with Crippen LogP contribution < -0.4 is 11.1 Å². The number of carbonyl (C=O) groups is 1. The molecule has 4 heteroatoms. The highest BCUT2D eigenvalue weighted by atomic mass is 16.3. The second-order valence-corrected chi connectivity index (χ2v) is 4.41. The van der Waals surface area contributed by atoms with E-state index < -0.39 is 0 Å². The highest BCUT2D eigenvalue weighted by Gasteiger charge is 2.16. The zero-order valence-corrected chi connectivity index (χ0v) is 10.3. The molecule has 0 spiro atoms. The standard InChI is InChI=1S/C13H20N2O2/c1-9(2)12(8-16)15-13(17)11-5-3-4-10(6-11)7-14/h3-6,9,12,16H,7-8,14H2,1-2H3,(H,15,17)/t12-/m1/s1. The monoisotopic (exact) mass is 236 g/mol. The van der Waals surface area contributed by atoms with E-state index in [0.29, 0.717) is 12.1 Å². The number of amides is 1. The van der Waals surface area contributed by atoms with Crippen LogP contribution in [-0.4, -0.2) is 23.7 Å². The molecule has 1 aromatic rings. The molecule has 1 amide bonds. The fourth-order valence-electron chi connectivity index (χ4n) is 1.51. The molecule has 94 valence electrons. The molecule has 0 aliphatic heterocycles. The van der Waals surface area contributed by atoms with Crippen molar-refractivity contribution in [1.29, 1.82) is 0 Å². The number of carbonyl (C=O) groups excluding carboxylic acids is 1. The summed E-state index contributed by atoms with van der Waals surface area (Å²) in [6, 6.07) is 6.97. The summed E-state index contributed by atoms with van der Waals surface area (Å²) in [6.07, 6.45) is 0. The first-order valence-electron chi connectivity index (χ1n) is 5.79. The Morgan fingerprint density at radius 1 is 1.47 bits per heavy atom. The van der Waals surface area contributed by atoms with Crippen LogP contribution in [0, 0.1) is 5.92 Å². The summed E-state index contributed by atoms with van der Waals surface area (Å²) in [5, 5.41) is 12.0. The lowest BCUT2D eigenvalue weighted by atomic mass is 10.0. The Bertz CT molecular complexity index is 377. The Morgan fingerprint density at radius 2 is 2.18 bits per heavy atom. The smallest absolute Gasteiger partial charge is 0.251 e. The van der Waals surface area contributed by atoms with E-state index in [9.17, 15) is 4.79 Å². The number of hydrogen-bond acceptors (Lipinski definition) is 3. The van der Waals surface area contributed by atoms with Crippen molar-refractivity contribution in [2.24, 2.45) is 11.7 Å². The molecule has 1 aromatic carbocycles. The largest absolute Gasteiger partial charge is 0.394 e. The molecular weight excluding hydrogens is 216 g/mol. The first kappa shape index (κ1) is 13.7. The number of aliphatic hydroxyl groups excluding tert-OH is 1. The molecule has 0 aliphatic carbocycles. The summed E-state index contributed by atoms with van der Waals surface area (Å²) in [7, 11) is 0. The number of hydrogen-bond donors (Lipinski definition) is 3. The molecule has 17 heavy (non-hydrogen) atoms. The maximum absolute atomic E-state index is 11.9. The first-order valence-corrected chi connectivity index (χ1v) is 5.79. The highest BCUT2D eigenvalue weighted by molar-refractivity contribution is 5.94. The van der Waals surface area contributed by atoms with Crippen LogP contribution in [0.4, 0.5) is 0 Å². The molecule has 0 bridgehead atoms. The maximum atomic E-state index is 11.9. The maximum Gasteiger partial charge on any atom is 0.251 e. The van der Waals surface area contributed by atoms with Crippen LogP contribution in [0.5, 0.6) is 0 Å². The van der Waals surface area contributed by atoms with Gasteiger partial charge in [0.25, 0.3) is 5.91 Å². The van der Waals surface area contributed by atoms with Gasteiger partial charge >= 0.3 is 0 Å². The molecule has 0 aromatic heterocycles. The van der Waals surface area contributed by atoms with Gasteiger partial charge in [0.05, 0.1) is 12.6 Å². The Labute approximate surface area is 102 Å². The van der Waals surface area contributed by atoms with Gasteiger partial charge in [-0.3, -0.25) is 4.79 Å². The predicted octanol–water partition coefficient (Wildman–Crippen LogP) is 0.892. The van der Waals surface area contributed by atoms with Crippen molar-refractivity contribution in [3.63, 3.8) is 0 Å². The highest BCUT2D eigenvalue weighted by Crippen LogP contribution is 2.07. The van der Waals surface area contributed by atoms with Gasteiger partial charge in [-0.25, -0.2) is 0 Å². The van der Waals surface area contributed by atoms with Crippen molar-refractivity contribution in [3.05, 3.63) is 35.4 Å². The van der Waals surface area contributed by atoms with E-state index in [1.165, 1.54) is 0 Å². The molecule has 4 N–H and O–H groups in total. The van der Waals surface area contributed by atoms with Crippen molar-refractivity contribution in [1.82, 2.24) is 5.32 Å². The molecular formula is C13H20N2O2. The van der Waals surface area contributed by atoms with E-state index in [4.69, 9.17) is 10.8 Å². The van der Waals surface area contributed by atoms with E-state index >= 15 is 0 Å². The molecule has 1 atom stereocenters. The molecule has 0 radical (unpaired) electrons. The first-order chi connectivity index (χ1) is 8.08. The number of nitrogens with two attached hydrogens (primary N) is 1. The number of nitrogens with one attached hydrogen (secondary N) is 1. The van der Waals surface area contributed by atoms with E-state index in [2.05, 4.69) is 5.32 Å². The van der Waals surface area contributed by atoms with Crippen LogP contribution in [0.3, 0.4) is 0 Å². The van der Waals surface area contributed by atoms with Gasteiger partial charge in [0.2, 0.25) is 0 Å². The predicted molar refractivity (Wildman–Crippen MR) is 67.5 cm³/mol. The zero-order chi connectivity index (χ0) is 12.8. The Balaban J connectivity index is 2.75. The average Bonchev–Trinajstić information content (AvgIpc) is 2.35. The van der Waals surface area contributed by atoms with E-state index in [1.807, 2.05) is 19.9 Å². The van der Waals surface area contributed by atoms with Crippen LogP contribution in [0.1, 0.15) is 29.8 Å². The SMILES string of the molecule is CC(C)[C@@H](CO)NC(=O)c1cccc(CN)c1. The van der Waals surface area contributed by atoms with Gasteiger partial charge < -0.3 is 16.2 Å². The average molecular weight is 236 g/mol. The minimum Gasteiger partial charge on any atom is -0.394 e. The van der Waals surface area contributed by atoms with Gasteiger partial charge in [0, 0.05) is 12.1 Å². The van der Waals surface area contributed by atoms with Crippen molar-refractivity contribution >= 4 is 5.91 Å². The lowest BCUT2D eigenvalue weighted by Gasteiger charge is -2.20. The van der Waals surface area contributed by atoms with Crippen molar-refractivity contribution < 1.29 is 9.90 Å². The molecule has 0 unspecified atom stereocenters. The summed E-state index contributed by atoms with van der Waals surface area (Å²) in [5.74, 6) is 0.0229. The zero-order valence-electron chi connectivity index (χ0n) is 10.3. The molecule has 0 fully saturated rings. The summed E-state index contributed by atoms with van der Waals surface area (Å²) in [5.41, 5.74) is 7.02. The molecule has 1 rings (SSSR count). The molecule has 0 heterocycles. The van der Waals surface area contributed by atoms with Crippen LogP contribution in [0.2, 0.25) is 0 Å². The minimum atomic E-state index is -0.218. The van der Waals surface area contributed by atoms with Crippen LogP contribution in [0.25, 0.3) is 0 Å². The molecule has 4 nitrogen and oxygen atoms in total. The summed E-state index contributed by atoms with van der Waals surface area (Å²) in [6.45, 7) is 4.27. The van der Waals surface area contributed by atoms with Gasteiger partial charge in [-0.15, -0.1) is 0 Å². The molecule has 0 saturated heterocycles. The minimum absolute atomic E-state index is 0.0556. The number of benzene rings is 1. The van der Waals surface area contributed by atoms with Gasteiger partial charge in [0.1, 0.15) is 0 Å². The number of rotatable bonds is 5. The third kappa shape index (κ3) is 3.84. The lowest BCUT2D eigenvalue weighted by Crippen LogP contribution is -2.41. The normalized spacial score (nSPS) is 12.5. The van der Waals surface area contributed by atoms with Gasteiger partial charge in [-0.05, 0) is 23.6 Å². The second kappa shape index (κ2) is 6.37. The fraction of sp³-hybridized carbons (Fsp3) is 0.462. The lowest BCUT2D eigenvalue weighted by molar-refractivity contribution is 0.0897. The van der Waals surface area contributed by atoms with E-state index in [-0.39, 0.29) is 24.5 Å². The third-order valence-corrected chi connectivity index (χ3v) is 2.74. The van der Waals surface area contributed by atoms with Crippen molar-refractivity contribution in [2.75, 3.05) is 6.61 Å². The van der Waals surface area contributed by atoms with Gasteiger partial charge in [0.15, 0.2) is 0 Å². The Hall–Kier alpha value is -1.39. The van der Waals surface area contributed by atoms with Gasteiger partial charge in [-0.2, -0.15) is 0 Å². The fourth-order valence-corrected chi connectivity index (χ4v) is 1.51. The summed E-state index contributed by atoms with van der Waals surface area (Å²) < 4.78 is 0. The topological polar surface area (TPSA) is 75.3 Å². The van der Waals surface area contributed by atoms with Crippen LogP contribution in [0.15, 0.2) is 24.3 Å². The molecule has 0 aliphatic rings. The van der Waals surface area contributed by atoms with Gasteiger partial charge in [-0.1, -0.05) is 26.0 Å². The summed E-state index contributed by atoms with van der Waals surface area (Å²) >= 11 is 0. The quantitative estimate of drug-likeness (QED) is 0.710. The molecule has 0 saturated carbocycles. The van der Waals surface area contributed by atoms with E-state index in [1.54, 1.807) is 18.2 Å². The Kier molecular flexibility index (Phi) is 5.12.